The molecule has 1 fully saturated rings. The van der Waals surface area contributed by atoms with E-state index in [9.17, 15) is 9.50 Å². The van der Waals surface area contributed by atoms with E-state index in [0.717, 1.165) is 31.4 Å². The number of aliphatic hydroxyl groups is 1. The van der Waals surface area contributed by atoms with Crippen LogP contribution in [0.3, 0.4) is 0 Å². The first kappa shape index (κ1) is 18.9. The molecule has 0 saturated heterocycles. The zero-order valence-corrected chi connectivity index (χ0v) is 15.6. The van der Waals surface area contributed by atoms with Crippen molar-refractivity contribution in [1.29, 1.82) is 0 Å². The molecule has 0 amide bonds. The topological polar surface area (TPSA) is 88.5 Å². The summed E-state index contributed by atoms with van der Waals surface area (Å²) in [5.74, 6) is 0.669. The van der Waals surface area contributed by atoms with E-state index in [1.807, 2.05) is 24.3 Å². The van der Waals surface area contributed by atoms with Gasteiger partial charge in [0.2, 0.25) is 5.95 Å². The number of nitrogens with zero attached hydrogens (tertiary/aromatic N) is 2. The lowest BCUT2D eigenvalue weighted by Gasteiger charge is -2.30. The second-order valence-corrected chi connectivity index (χ2v) is 7.30. The summed E-state index contributed by atoms with van der Waals surface area (Å²) in [6.45, 7) is 0.661. The van der Waals surface area contributed by atoms with Gasteiger partial charge in [-0.2, -0.15) is 4.98 Å². The van der Waals surface area contributed by atoms with E-state index in [1.54, 1.807) is 0 Å². The van der Waals surface area contributed by atoms with Crippen LogP contribution in [0.25, 0.3) is 0 Å². The number of anilines is 3. The molecule has 2 unspecified atom stereocenters. The Bertz CT molecular complexity index is 807. The Balaban J connectivity index is 1.58. The van der Waals surface area contributed by atoms with Crippen molar-refractivity contribution in [3.8, 4) is 5.75 Å². The molecule has 3 atom stereocenters. The highest BCUT2D eigenvalue weighted by atomic mass is 19.1. The van der Waals surface area contributed by atoms with Crippen LogP contribution in [-0.2, 0) is 4.74 Å². The van der Waals surface area contributed by atoms with Crippen LogP contribution >= 0.6 is 0 Å². The van der Waals surface area contributed by atoms with Crippen LogP contribution in [-0.4, -0.2) is 46.5 Å². The van der Waals surface area contributed by atoms with Crippen molar-refractivity contribution in [3.05, 3.63) is 36.3 Å². The van der Waals surface area contributed by atoms with E-state index >= 15 is 0 Å². The molecule has 8 heteroatoms. The summed E-state index contributed by atoms with van der Waals surface area (Å²) >= 11 is 0. The second kappa shape index (κ2) is 8.70. The molecule has 6 bridgehead atoms. The number of nitrogens with one attached hydrogen (secondary N) is 2. The van der Waals surface area contributed by atoms with Crippen molar-refractivity contribution >= 4 is 17.5 Å². The third kappa shape index (κ3) is 4.88. The number of ether oxygens (including phenoxy) is 2. The van der Waals surface area contributed by atoms with Crippen LogP contribution in [0.15, 0.2) is 30.5 Å². The predicted octanol–water partition coefficient (Wildman–Crippen LogP) is 3.24. The lowest BCUT2D eigenvalue weighted by molar-refractivity contribution is -0.0305. The number of benzene rings is 1. The lowest BCUT2D eigenvalue weighted by Crippen LogP contribution is -2.34. The Hall–Kier alpha value is -2.45. The normalized spacial score (nSPS) is 25.6. The fourth-order valence-corrected chi connectivity index (χ4v) is 3.59. The summed E-state index contributed by atoms with van der Waals surface area (Å²) in [5, 5.41) is 16.5. The van der Waals surface area contributed by atoms with Crippen LogP contribution < -0.4 is 15.4 Å². The van der Waals surface area contributed by atoms with Crippen LogP contribution in [0.5, 0.6) is 5.75 Å². The quantitative estimate of drug-likeness (QED) is 0.638. The highest BCUT2D eigenvalue weighted by Gasteiger charge is 2.24. The molecule has 0 radical (unpaired) electrons. The summed E-state index contributed by atoms with van der Waals surface area (Å²) < 4.78 is 25.9. The van der Waals surface area contributed by atoms with Crippen LogP contribution in [0.4, 0.5) is 21.8 Å². The average molecular weight is 388 g/mol. The number of aliphatic hydroxyl groups excluding tert-OH is 1. The van der Waals surface area contributed by atoms with Gasteiger partial charge < -0.3 is 25.2 Å². The van der Waals surface area contributed by atoms with Crippen molar-refractivity contribution in [2.75, 3.05) is 23.8 Å². The second-order valence-electron chi connectivity index (χ2n) is 7.30. The number of rotatable bonds is 0. The number of halogens is 1. The molecule has 1 aromatic carbocycles. The molecule has 7 nitrogen and oxygen atoms in total. The minimum Gasteiger partial charge on any atom is -0.493 e. The maximum atomic E-state index is 14.2. The van der Waals surface area contributed by atoms with Gasteiger partial charge in [-0.15, -0.1) is 0 Å². The molecular formula is C20H25FN4O3. The molecule has 2 heterocycles. The molecule has 4 rings (SSSR count). The fourth-order valence-electron chi connectivity index (χ4n) is 3.59. The fraction of sp³-hybridized carbons (Fsp3) is 0.500. The summed E-state index contributed by atoms with van der Waals surface area (Å²) in [5.41, 5.74) is 0.737. The number of aromatic nitrogens is 2. The van der Waals surface area contributed by atoms with E-state index < -0.39 is 11.9 Å². The Kier molecular flexibility index (Phi) is 5.87. The molecule has 150 valence electrons. The third-order valence-electron chi connectivity index (χ3n) is 5.05. The van der Waals surface area contributed by atoms with E-state index in [2.05, 4.69) is 20.6 Å². The van der Waals surface area contributed by atoms with Crippen LogP contribution in [0.2, 0.25) is 0 Å². The van der Waals surface area contributed by atoms with Crippen LogP contribution in [0.1, 0.15) is 32.1 Å². The minimum absolute atomic E-state index is 0.0370. The lowest BCUT2D eigenvalue weighted by atomic mass is 9.93. The van der Waals surface area contributed by atoms with Crippen molar-refractivity contribution in [1.82, 2.24) is 9.97 Å². The number of hydrogen-bond acceptors (Lipinski definition) is 7. The first-order chi connectivity index (χ1) is 13.7. The summed E-state index contributed by atoms with van der Waals surface area (Å²) in [6.07, 6.45) is 4.69. The van der Waals surface area contributed by atoms with Gasteiger partial charge in [0.25, 0.3) is 0 Å². The van der Waals surface area contributed by atoms with Gasteiger partial charge in [-0.3, -0.25) is 0 Å². The van der Waals surface area contributed by atoms with Gasteiger partial charge in [0, 0.05) is 24.2 Å². The largest absolute Gasteiger partial charge is 0.493 e. The Labute approximate surface area is 163 Å². The molecule has 1 aromatic heterocycles. The Morgan fingerprint density at radius 2 is 2.14 bits per heavy atom. The van der Waals surface area contributed by atoms with Gasteiger partial charge in [0.05, 0.1) is 31.6 Å². The van der Waals surface area contributed by atoms with Gasteiger partial charge in [-0.1, -0.05) is 6.07 Å². The maximum Gasteiger partial charge on any atom is 0.229 e. The molecule has 2 aliphatic rings. The highest BCUT2D eigenvalue weighted by Crippen LogP contribution is 2.26. The smallest absolute Gasteiger partial charge is 0.229 e. The molecule has 3 N–H and O–H groups in total. The number of hydrogen-bond donors (Lipinski definition) is 3. The Morgan fingerprint density at radius 1 is 1.21 bits per heavy atom. The molecule has 1 aliphatic carbocycles. The minimum atomic E-state index is -0.580. The van der Waals surface area contributed by atoms with Gasteiger partial charge in [0.15, 0.2) is 11.6 Å². The zero-order valence-electron chi connectivity index (χ0n) is 15.6. The molecule has 1 saturated carbocycles. The molecule has 2 aromatic rings. The van der Waals surface area contributed by atoms with E-state index in [4.69, 9.17) is 9.47 Å². The van der Waals surface area contributed by atoms with Gasteiger partial charge >= 0.3 is 0 Å². The summed E-state index contributed by atoms with van der Waals surface area (Å²) in [7, 11) is 0. The SMILES string of the molecule is O[C@@H]1CCOc2cccc(c2)Nc2ncc(F)c(n2)NC2CCCC(C2)OC1. The predicted molar refractivity (Wildman–Crippen MR) is 103 cm³/mol. The van der Waals surface area contributed by atoms with Crippen molar-refractivity contribution in [2.24, 2.45) is 0 Å². The van der Waals surface area contributed by atoms with Gasteiger partial charge in [-0.25, -0.2) is 9.37 Å². The van der Waals surface area contributed by atoms with E-state index in [0.29, 0.717) is 24.7 Å². The molecule has 28 heavy (non-hydrogen) atoms. The molecular weight excluding hydrogens is 363 g/mol. The monoisotopic (exact) mass is 388 g/mol. The molecule has 1 aliphatic heterocycles. The van der Waals surface area contributed by atoms with Gasteiger partial charge in [-0.05, 0) is 37.8 Å². The van der Waals surface area contributed by atoms with Gasteiger partial charge in [0.1, 0.15) is 5.75 Å². The van der Waals surface area contributed by atoms with Crippen molar-refractivity contribution in [3.63, 3.8) is 0 Å². The average Bonchev–Trinajstić information content (AvgIpc) is 2.69. The van der Waals surface area contributed by atoms with E-state index in [1.165, 1.54) is 6.20 Å². The maximum absolute atomic E-state index is 14.2. The first-order valence-electron chi connectivity index (χ1n) is 9.74. The third-order valence-corrected chi connectivity index (χ3v) is 5.05. The van der Waals surface area contributed by atoms with Crippen molar-refractivity contribution < 1.29 is 19.0 Å². The zero-order chi connectivity index (χ0) is 19.3. The van der Waals surface area contributed by atoms with Crippen molar-refractivity contribution in [2.45, 2.75) is 50.4 Å². The first-order valence-corrected chi connectivity index (χ1v) is 9.74. The highest BCUT2D eigenvalue weighted by molar-refractivity contribution is 5.57. The van der Waals surface area contributed by atoms with Crippen LogP contribution in [0, 0.1) is 5.82 Å². The molecule has 0 spiro atoms. The Morgan fingerprint density at radius 3 is 3.07 bits per heavy atom. The standard InChI is InChI=1S/C20H25FN4O3/c21-18-11-22-20-24-14-4-2-5-16(10-14)27-8-7-15(26)12-28-17-6-1-3-13(9-17)23-19(18)25-20/h2,4-5,10-11,13,15,17,26H,1,3,6-9,12H2,(H2,22,23,24,25)/t13?,15-,17?/m1/s1. The number of fused-ring (bicyclic) bond motifs is 6. The summed E-state index contributed by atoms with van der Waals surface area (Å²) in [4.78, 5) is 8.34. The summed E-state index contributed by atoms with van der Waals surface area (Å²) in [6, 6.07) is 7.42. The van der Waals surface area contributed by atoms with E-state index in [-0.39, 0.29) is 24.6 Å².